The highest BCUT2D eigenvalue weighted by atomic mass is 35.5. The van der Waals surface area contributed by atoms with Crippen molar-refractivity contribution in [2.45, 2.75) is 17.2 Å². The van der Waals surface area contributed by atoms with Gasteiger partial charge in [0.25, 0.3) is 5.76 Å². The third-order valence-corrected chi connectivity index (χ3v) is 3.50. The van der Waals surface area contributed by atoms with E-state index in [-0.39, 0.29) is 33.9 Å². The molecule has 0 unspecified atom stereocenters. The van der Waals surface area contributed by atoms with Crippen molar-refractivity contribution in [1.29, 1.82) is 0 Å². The van der Waals surface area contributed by atoms with Gasteiger partial charge in [-0.15, -0.1) is 0 Å². The molecule has 0 aliphatic rings. The summed E-state index contributed by atoms with van der Waals surface area (Å²) in [6.07, 6.45) is 2.68. The van der Waals surface area contributed by atoms with Crippen LogP contribution in [0.5, 0.6) is 0 Å². The second-order valence-corrected chi connectivity index (χ2v) is 5.04. The smallest absolute Gasteiger partial charge is 0.289 e. The molecule has 9 heteroatoms. The molecule has 2 rings (SSSR count). The largest absolute Gasteiger partial charge is 0.323 e. The number of nitrogens with zero attached hydrogens (tertiary/aromatic N) is 3. The van der Waals surface area contributed by atoms with Crippen LogP contribution in [0, 0.1) is 0 Å². The summed E-state index contributed by atoms with van der Waals surface area (Å²) >= 11 is 6.15. The highest BCUT2D eigenvalue weighted by Gasteiger charge is 2.15. The Bertz CT molecular complexity index is 594. The Morgan fingerprint density at radius 2 is 2.30 bits per heavy atom. The molecule has 1 amide bonds. The van der Waals surface area contributed by atoms with Gasteiger partial charge < -0.3 is 5.32 Å². The fourth-order valence-corrected chi connectivity index (χ4v) is 2.38. The molecule has 0 fully saturated rings. The molecule has 0 atom stereocenters. The third-order valence-electron chi connectivity index (χ3n) is 2.22. The second-order valence-electron chi connectivity index (χ2n) is 3.64. The van der Waals surface area contributed by atoms with Crippen molar-refractivity contribution in [3.05, 3.63) is 35.9 Å². The fraction of sp³-hybridized carbons (Fsp3) is 0.182. The first-order valence-corrected chi connectivity index (χ1v) is 6.67. The van der Waals surface area contributed by atoms with Crippen molar-refractivity contribution in [1.82, 2.24) is 14.8 Å². The van der Waals surface area contributed by atoms with E-state index in [1.54, 1.807) is 6.07 Å². The Hall–Kier alpha value is -1.67. The van der Waals surface area contributed by atoms with Crippen LogP contribution in [-0.4, -0.2) is 26.4 Å². The molecule has 1 aromatic carbocycles. The van der Waals surface area contributed by atoms with Crippen molar-refractivity contribution in [3.63, 3.8) is 0 Å². The van der Waals surface area contributed by atoms with Crippen LogP contribution in [0.25, 0.3) is 0 Å². The Balaban J connectivity index is 2.12. The molecular weight excluding hydrogens is 310 g/mol. The van der Waals surface area contributed by atoms with E-state index in [9.17, 15) is 13.6 Å². The summed E-state index contributed by atoms with van der Waals surface area (Å²) in [6, 6.07) is 4.57. The van der Waals surface area contributed by atoms with Gasteiger partial charge in [0, 0.05) is 0 Å². The van der Waals surface area contributed by atoms with Gasteiger partial charge in [0.2, 0.25) is 5.91 Å². The van der Waals surface area contributed by atoms with E-state index >= 15 is 0 Å². The molecule has 0 aliphatic heterocycles. The summed E-state index contributed by atoms with van der Waals surface area (Å²) in [6.45, 7) is -0.0642. The van der Waals surface area contributed by atoms with E-state index in [4.69, 9.17) is 11.6 Å². The number of hydrogen-bond donors (Lipinski definition) is 1. The lowest BCUT2D eigenvalue weighted by Crippen LogP contribution is -2.19. The number of amides is 1. The number of carbonyl (C=O) groups excluding carboxylic acids is 1. The SMILES string of the molecule is O=C(Cn1cncn1)Nc1cccc(Cl)c1SC(F)F. The Labute approximate surface area is 122 Å². The van der Waals surface area contributed by atoms with Crippen LogP contribution >= 0.6 is 23.4 Å². The number of thioether (sulfide) groups is 1. The topological polar surface area (TPSA) is 59.8 Å². The van der Waals surface area contributed by atoms with Gasteiger partial charge >= 0.3 is 0 Å². The molecule has 20 heavy (non-hydrogen) atoms. The van der Waals surface area contributed by atoms with E-state index in [0.717, 1.165) is 0 Å². The molecule has 106 valence electrons. The van der Waals surface area contributed by atoms with E-state index in [1.165, 1.54) is 29.5 Å². The van der Waals surface area contributed by atoms with Crippen LogP contribution in [0.3, 0.4) is 0 Å². The molecule has 2 aromatic rings. The molecule has 5 nitrogen and oxygen atoms in total. The first-order valence-electron chi connectivity index (χ1n) is 5.42. The van der Waals surface area contributed by atoms with Crippen LogP contribution in [0.4, 0.5) is 14.5 Å². The Morgan fingerprint density at radius 1 is 1.50 bits per heavy atom. The summed E-state index contributed by atoms with van der Waals surface area (Å²) in [4.78, 5) is 15.6. The first-order chi connectivity index (χ1) is 9.56. The van der Waals surface area contributed by atoms with Gasteiger partial charge in [0.05, 0.1) is 15.6 Å². The number of nitrogens with one attached hydrogen (secondary N) is 1. The van der Waals surface area contributed by atoms with Gasteiger partial charge in [-0.25, -0.2) is 9.67 Å². The number of alkyl halides is 2. The monoisotopic (exact) mass is 318 g/mol. The predicted octanol–water partition coefficient (Wildman–Crippen LogP) is 2.88. The molecule has 0 radical (unpaired) electrons. The minimum atomic E-state index is -2.62. The number of benzene rings is 1. The number of aromatic nitrogens is 3. The van der Waals surface area contributed by atoms with Crippen LogP contribution in [0.1, 0.15) is 0 Å². The van der Waals surface area contributed by atoms with Crippen molar-refractivity contribution in [2.24, 2.45) is 0 Å². The highest BCUT2D eigenvalue weighted by Crippen LogP contribution is 2.37. The lowest BCUT2D eigenvalue weighted by Gasteiger charge is -2.11. The third kappa shape index (κ3) is 3.91. The zero-order chi connectivity index (χ0) is 14.5. The molecule has 0 saturated carbocycles. The minimum absolute atomic E-state index is 0.0642. The number of halogens is 3. The molecule has 0 aliphatic carbocycles. The summed E-state index contributed by atoms with van der Waals surface area (Å²) in [7, 11) is 0. The molecule has 0 saturated heterocycles. The molecule has 1 heterocycles. The maximum absolute atomic E-state index is 12.5. The fourth-order valence-electron chi connectivity index (χ4n) is 1.47. The second kappa shape index (κ2) is 6.67. The van der Waals surface area contributed by atoms with E-state index < -0.39 is 11.7 Å². The normalized spacial score (nSPS) is 10.8. The van der Waals surface area contributed by atoms with E-state index in [2.05, 4.69) is 15.4 Å². The zero-order valence-electron chi connectivity index (χ0n) is 9.96. The maximum atomic E-state index is 12.5. The van der Waals surface area contributed by atoms with E-state index in [0.29, 0.717) is 0 Å². The average Bonchev–Trinajstić information content (AvgIpc) is 2.86. The summed E-state index contributed by atoms with van der Waals surface area (Å²) in [5, 5.41) is 6.47. The van der Waals surface area contributed by atoms with Crippen molar-refractivity contribution >= 4 is 35.0 Å². The zero-order valence-corrected chi connectivity index (χ0v) is 11.5. The number of anilines is 1. The lowest BCUT2D eigenvalue weighted by atomic mass is 10.3. The highest BCUT2D eigenvalue weighted by molar-refractivity contribution is 7.99. The molecule has 0 spiro atoms. The van der Waals surface area contributed by atoms with Crippen LogP contribution in [-0.2, 0) is 11.3 Å². The number of carbonyl (C=O) groups is 1. The summed E-state index contributed by atoms with van der Waals surface area (Å²) < 4.78 is 26.3. The van der Waals surface area contributed by atoms with Crippen LogP contribution in [0.2, 0.25) is 5.02 Å². The number of hydrogen-bond acceptors (Lipinski definition) is 4. The standard InChI is InChI=1S/C11H9ClF2N4OS/c12-7-2-1-3-8(10(7)20-11(13)14)17-9(19)4-18-6-15-5-16-18/h1-3,5-6,11H,4H2,(H,17,19). The summed E-state index contributed by atoms with van der Waals surface area (Å²) in [5.74, 6) is -3.03. The van der Waals surface area contributed by atoms with Gasteiger partial charge in [-0.05, 0) is 12.1 Å². The van der Waals surface area contributed by atoms with Gasteiger partial charge in [0.15, 0.2) is 0 Å². The van der Waals surface area contributed by atoms with Crippen LogP contribution < -0.4 is 5.32 Å². The van der Waals surface area contributed by atoms with Gasteiger partial charge in [-0.3, -0.25) is 4.79 Å². The van der Waals surface area contributed by atoms with E-state index in [1.807, 2.05) is 0 Å². The van der Waals surface area contributed by atoms with Crippen LogP contribution in [0.15, 0.2) is 35.7 Å². The maximum Gasteiger partial charge on any atom is 0.289 e. The quantitative estimate of drug-likeness (QED) is 0.861. The molecule has 1 aromatic heterocycles. The van der Waals surface area contributed by atoms with Crippen molar-refractivity contribution < 1.29 is 13.6 Å². The predicted molar refractivity (Wildman–Crippen MR) is 72.0 cm³/mol. The van der Waals surface area contributed by atoms with Gasteiger partial charge in [0.1, 0.15) is 19.2 Å². The molecular formula is C11H9ClF2N4OS. The first kappa shape index (κ1) is 14.7. The van der Waals surface area contributed by atoms with Gasteiger partial charge in [-0.2, -0.15) is 13.9 Å². The van der Waals surface area contributed by atoms with Crippen molar-refractivity contribution in [2.75, 3.05) is 5.32 Å². The van der Waals surface area contributed by atoms with Crippen molar-refractivity contribution in [3.8, 4) is 0 Å². The molecule has 1 N–H and O–H groups in total. The molecule has 0 bridgehead atoms. The summed E-state index contributed by atoms with van der Waals surface area (Å²) in [5.41, 5.74) is 0.243. The Kier molecular flexibility index (Phi) is 4.91. The minimum Gasteiger partial charge on any atom is -0.323 e. The van der Waals surface area contributed by atoms with Gasteiger partial charge in [-0.1, -0.05) is 29.4 Å². The number of rotatable bonds is 5. The average molecular weight is 319 g/mol. The lowest BCUT2D eigenvalue weighted by molar-refractivity contribution is -0.116. The Morgan fingerprint density at radius 3 is 2.95 bits per heavy atom.